The monoisotopic (exact) mass is 337 g/mol. The molecule has 1 aromatic rings. The average Bonchev–Trinajstić information content (AvgIpc) is 3.01. The first-order valence-electron chi connectivity index (χ1n) is 8.24. The van der Waals surface area contributed by atoms with Gasteiger partial charge in [-0.05, 0) is 57.9 Å². The molecule has 1 heterocycles. The van der Waals surface area contributed by atoms with E-state index in [0.29, 0.717) is 12.3 Å². The molecule has 0 aliphatic carbocycles. The Labute approximate surface area is 143 Å². The van der Waals surface area contributed by atoms with Crippen molar-refractivity contribution >= 4 is 6.09 Å². The van der Waals surface area contributed by atoms with Gasteiger partial charge in [-0.15, -0.1) is 0 Å². The summed E-state index contributed by atoms with van der Waals surface area (Å²) >= 11 is 0. The van der Waals surface area contributed by atoms with Crippen LogP contribution in [0.4, 0.5) is 4.79 Å². The highest BCUT2D eigenvalue weighted by Crippen LogP contribution is 2.24. The second-order valence-electron chi connectivity index (χ2n) is 6.94. The number of hydrogen-bond donors (Lipinski definition) is 1. The third kappa shape index (κ3) is 5.03. The predicted molar refractivity (Wildman–Crippen MR) is 90.5 cm³/mol. The summed E-state index contributed by atoms with van der Waals surface area (Å²) in [6.45, 7) is 6.22. The van der Waals surface area contributed by atoms with E-state index < -0.39 is 11.7 Å². The van der Waals surface area contributed by atoms with E-state index in [1.807, 2.05) is 20.8 Å². The molecule has 134 valence electrons. The van der Waals surface area contributed by atoms with E-state index in [4.69, 9.17) is 14.2 Å². The number of rotatable bonds is 5. The molecule has 0 spiro atoms. The van der Waals surface area contributed by atoms with Crippen LogP contribution in [-0.4, -0.2) is 54.1 Å². The second-order valence-corrected chi connectivity index (χ2v) is 6.94. The minimum absolute atomic E-state index is 0.121. The van der Waals surface area contributed by atoms with Crippen molar-refractivity contribution in [1.82, 2.24) is 4.90 Å². The molecule has 24 heavy (non-hydrogen) atoms. The van der Waals surface area contributed by atoms with E-state index in [-0.39, 0.29) is 18.7 Å². The Morgan fingerprint density at radius 1 is 1.29 bits per heavy atom. The smallest absolute Gasteiger partial charge is 0.410 e. The van der Waals surface area contributed by atoms with Crippen LogP contribution in [0.5, 0.6) is 11.5 Å². The highest BCUT2D eigenvalue weighted by Gasteiger charge is 2.36. The molecule has 2 atom stereocenters. The van der Waals surface area contributed by atoms with Crippen LogP contribution >= 0.6 is 0 Å². The molecule has 0 radical (unpaired) electrons. The summed E-state index contributed by atoms with van der Waals surface area (Å²) in [6, 6.07) is 6.88. The van der Waals surface area contributed by atoms with E-state index in [9.17, 15) is 9.90 Å². The lowest BCUT2D eigenvalue weighted by molar-refractivity contribution is -0.00353. The number of carbonyl (C=O) groups excluding carboxylic acids is 1. The van der Waals surface area contributed by atoms with Gasteiger partial charge in [0, 0.05) is 6.54 Å². The normalized spacial score (nSPS) is 19.0. The van der Waals surface area contributed by atoms with Gasteiger partial charge in [-0.2, -0.15) is 0 Å². The number of hydrogen-bond acceptors (Lipinski definition) is 5. The fraction of sp³-hybridized carbons (Fsp3) is 0.611. The van der Waals surface area contributed by atoms with Crippen LogP contribution in [0.1, 0.15) is 33.6 Å². The molecular weight excluding hydrogens is 310 g/mol. The Balaban J connectivity index is 1.90. The molecule has 0 aromatic heterocycles. The van der Waals surface area contributed by atoms with E-state index in [1.165, 1.54) is 0 Å². The molecule has 1 aliphatic rings. The SMILES string of the molecule is COc1ccc(OCC(O)[C@@H]2CCCN2C(=O)OC(C)(C)C)cc1. The standard InChI is InChI=1S/C18H27NO5/c1-18(2,3)24-17(21)19-11-5-6-15(19)16(20)12-23-14-9-7-13(22-4)8-10-14/h7-10,15-16,20H,5-6,11-12H2,1-4H3/t15-,16?/m0/s1. The summed E-state index contributed by atoms with van der Waals surface area (Å²) < 4.78 is 16.1. The largest absolute Gasteiger partial charge is 0.497 e. The van der Waals surface area contributed by atoms with Gasteiger partial charge in [0.1, 0.15) is 29.8 Å². The quantitative estimate of drug-likeness (QED) is 0.895. The number of nitrogens with zero attached hydrogens (tertiary/aromatic N) is 1. The maximum atomic E-state index is 12.3. The average molecular weight is 337 g/mol. The van der Waals surface area contributed by atoms with Gasteiger partial charge >= 0.3 is 6.09 Å². The van der Waals surface area contributed by atoms with Gasteiger partial charge in [0.25, 0.3) is 0 Å². The summed E-state index contributed by atoms with van der Waals surface area (Å²) in [5, 5.41) is 10.4. The van der Waals surface area contributed by atoms with Gasteiger partial charge < -0.3 is 24.2 Å². The second kappa shape index (κ2) is 7.75. The molecule has 1 saturated heterocycles. The van der Waals surface area contributed by atoms with Gasteiger partial charge in [-0.25, -0.2) is 4.79 Å². The first kappa shape index (κ1) is 18.4. The van der Waals surface area contributed by atoms with Crippen LogP contribution in [-0.2, 0) is 4.74 Å². The van der Waals surface area contributed by atoms with Gasteiger partial charge in [0.2, 0.25) is 0 Å². The fourth-order valence-electron chi connectivity index (χ4n) is 2.70. The van der Waals surface area contributed by atoms with Gasteiger partial charge in [0.15, 0.2) is 0 Å². The van der Waals surface area contributed by atoms with E-state index in [0.717, 1.165) is 18.6 Å². The summed E-state index contributed by atoms with van der Waals surface area (Å²) in [4.78, 5) is 13.9. The minimum Gasteiger partial charge on any atom is -0.497 e. The molecule has 1 N–H and O–H groups in total. The topological polar surface area (TPSA) is 68.2 Å². The zero-order valence-corrected chi connectivity index (χ0v) is 14.8. The van der Waals surface area contributed by atoms with Crippen molar-refractivity contribution in [3.8, 4) is 11.5 Å². The van der Waals surface area contributed by atoms with Crippen LogP contribution in [0.25, 0.3) is 0 Å². The maximum Gasteiger partial charge on any atom is 0.410 e. The number of benzene rings is 1. The Kier molecular flexibility index (Phi) is 5.94. The summed E-state index contributed by atoms with van der Waals surface area (Å²) in [7, 11) is 1.60. The molecule has 6 heteroatoms. The van der Waals surface area contributed by atoms with Crippen molar-refractivity contribution in [2.45, 2.75) is 51.4 Å². The first-order chi connectivity index (χ1) is 11.3. The number of ether oxygens (including phenoxy) is 3. The third-order valence-corrected chi connectivity index (χ3v) is 3.85. The van der Waals surface area contributed by atoms with Crippen LogP contribution in [0.3, 0.4) is 0 Å². The maximum absolute atomic E-state index is 12.3. The van der Waals surface area contributed by atoms with E-state index in [1.54, 1.807) is 36.3 Å². The number of likely N-dealkylation sites (tertiary alicyclic amines) is 1. The molecule has 0 saturated carbocycles. The lowest BCUT2D eigenvalue weighted by Crippen LogP contribution is -2.46. The van der Waals surface area contributed by atoms with Crippen LogP contribution in [0, 0.1) is 0 Å². The fourth-order valence-corrected chi connectivity index (χ4v) is 2.70. The number of aliphatic hydroxyl groups excluding tert-OH is 1. The summed E-state index contributed by atoms with van der Waals surface area (Å²) in [5.74, 6) is 1.39. The van der Waals surface area contributed by atoms with Crippen molar-refractivity contribution in [1.29, 1.82) is 0 Å². The van der Waals surface area contributed by atoms with Crippen LogP contribution < -0.4 is 9.47 Å². The number of amides is 1. The van der Waals surface area contributed by atoms with E-state index in [2.05, 4.69) is 0 Å². The van der Waals surface area contributed by atoms with Crippen molar-refractivity contribution in [2.24, 2.45) is 0 Å². The highest BCUT2D eigenvalue weighted by molar-refractivity contribution is 5.69. The Morgan fingerprint density at radius 3 is 2.50 bits per heavy atom. The molecule has 1 fully saturated rings. The van der Waals surface area contributed by atoms with Crippen molar-refractivity contribution < 1.29 is 24.1 Å². The zero-order valence-electron chi connectivity index (χ0n) is 14.8. The van der Waals surface area contributed by atoms with Crippen molar-refractivity contribution in [2.75, 3.05) is 20.3 Å². The molecule has 2 rings (SSSR count). The van der Waals surface area contributed by atoms with Gasteiger partial charge in [0.05, 0.1) is 13.2 Å². The molecule has 1 amide bonds. The lowest BCUT2D eigenvalue weighted by atomic mass is 10.1. The molecule has 0 bridgehead atoms. The Hall–Kier alpha value is -1.95. The van der Waals surface area contributed by atoms with Gasteiger partial charge in [-0.1, -0.05) is 0 Å². The molecule has 1 aliphatic heterocycles. The summed E-state index contributed by atoms with van der Waals surface area (Å²) in [6.07, 6.45) is 0.450. The molecular formula is C18H27NO5. The highest BCUT2D eigenvalue weighted by atomic mass is 16.6. The first-order valence-corrected chi connectivity index (χ1v) is 8.24. The van der Waals surface area contributed by atoms with Crippen LogP contribution in [0.15, 0.2) is 24.3 Å². The van der Waals surface area contributed by atoms with Crippen LogP contribution in [0.2, 0.25) is 0 Å². The zero-order chi connectivity index (χ0) is 17.7. The number of methoxy groups -OCH3 is 1. The Morgan fingerprint density at radius 2 is 1.92 bits per heavy atom. The third-order valence-electron chi connectivity index (χ3n) is 3.85. The summed E-state index contributed by atoms with van der Waals surface area (Å²) in [5.41, 5.74) is -0.547. The van der Waals surface area contributed by atoms with E-state index >= 15 is 0 Å². The van der Waals surface area contributed by atoms with Crippen molar-refractivity contribution in [3.05, 3.63) is 24.3 Å². The number of aliphatic hydroxyl groups is 1. The number of carbonyl (C=O) groups is 1. The molecule has 1 unspecified atom stereocenters. The van der Waals surface area contributed by atoms with Gasteiger partial charge in [-0.3, -0.25) is 0 Å². The lowest BCUT2D eigenvalue weighted by Gasteiger charge is -2.31. The Bertz CT molecular complexity index is 537. The predicted octanol–water partition coefficient (Wildman–Crippen LogP) is 2.83. The molecule has 6 nitrogen and oxygen atoms in total. The molecule has 1 aromatic carbocycles. The van der Waals surface area contributed by atoms with Crippen molar-refractivity contribution in [3.63, 3.8) is 0 Å². The minimum atomic E-state index is -0.762.